The van der Waals surface area contributed by atoms with E-state index in [-0.39, 0.29) is 0 Å². The van der Waals surface area contributed by atoms with Gasteiger partial charge < -0.3 is 10.2 Å². The number of nitrogens with one attached hydrogen (secondary N) is 1. The van der Waals surface area contributed by atoms with Crippen LogP contribution >= 0.6 is 0 Å². The van der Waals surface area contributed by atoms with Gasteiger partial charge in [0.15, 0.2) is 0 Å². The first-order valence-electron chi connectivity index (χ1n) is 7.05. The van der Waals surface area contributed by atoms with Gasteiger partial charge in [0.2, 0.25) is 0 Å². The van der Waals surface area contributed by atoms with Crippen LogP contribution in [0.5, 0.6) is 0 Å². The van der Waals surface area contributed by atoms with Crippen LogP contribution in [-0.2, 0) is 6.18 Å². The molecule has 0 spiro atoms. The number of hydrogen-bond donors (Lipinski definition) is 1. The molecule has 0 aliphatic carbocycles. The molecule has 1 fully saturated rings. The molecule has 112 valence electrons. The van der Waals surface area contributed by atoms with Crippen LogP contribution in [0.2, 0.25) is 0 Å². The van der Waals surface area contributed by atoms with Gasteiger partial charge in [-0.15, -0.1) is 0 Å². The summed E-state index contributed by atoms with van der Waals surface area (Å²) in [5.74, 6) is 0. The van der Waals surface area contributed by atoms with Crippen molar-refractivity contribution >= 4 is 5.69 Å². The van der Waals surface area contributed by atoms with Gasteiger partial charge in [-0.3, -0.25) is 0 Å². The summed E-state index contributed by atoms with van der Waals surface area (Å²) in [4.78, 5) is 2.20. The monoisotopic (exact) mass is 286 g/mol. The molecule has 2 rings (SSSR count). The third-order valence-corrected chi connectivity index (χ3v) is 3.67. The van der Waals surface area contributed by atoms with Crippen LogP contribution in [0.1, 0.15) is 32.3 Å². The van der Waals surface area contributed by atoms with Crippen molar-refractivity contribution in [1.82, 2.24) is 5.32 Å². The Labute approximate surface area is 118 Å². The predicted molar refractivity (Wildman–Crippen MR) is 75.0 cm³/mol. The molecule has 0 bridgehead atoms. The Morgan fingerprint density at radius 1 is 1.25 bits per heavy atom. The summed E-state index contributed by atoms with van der Waals surface area (Å²) in [5.41, 5.74) is 0.295. The molecule has 1 unspecified atom stereocenters. The van der Waals surface area contributed by atoms with Gasteiger partial charge >= 0.3 is 6.18 Å². The van der Waals surface area contributed by atoms with Crippen LogP contribution < -0.4 is 10.2 Å². The van der Waals surface area contributed by atoms with Crippen LogP contribution in [0.4, 0.5) is 18.9 Å². The number of rotatable bonds is 4. The minimum Gasteiger partial charge on any atom is -0.367 e. The molecule has 1 aromatic carbocycles. The van der Waals surface area contributed by atoms with E-state index in [0.717, 1.165) is 31.6 Å². The third kappa shape index (κ3) is 3.66. The number of benzene rings is 1. The molecule has 1 saturated heterocycles. The molecule has 1 aliphatic heterocycles. The Morgan fingerprint density at radius 2 is 1.90 bits per heavy atom. The quantitative estimate of drug-likeness (QED) is 0.908. The average molecular weight is 286 g/mol. The molecule has 1 N–H and O–H groups in total. The second-order valence-corrected chi connectivity index (χ2v) is 5.60. The van der Waals surface area contributed by atoms with E-state index in [1.165, 1.54) is 12.1 Å². The van der Waals surface area contributed by atoms with Crippen molar-refractivity contribution in [3.05, 3.63) is 29.8 Å². The maximum Gasteiger partial charge on any atom is 0.416 e. The zero-order valence-electron chi connectivity index (χ0n) is 11.9. The molecule has 0 radical (unpaired) electrons. The molecular weight excluding hydrogens is 265 g/mol. The first-order chi connectivity index (χ1) is 9.38. The average Bonchev–Trinajstić information content (AvgIpc) is 2.83. The predicted octanol–water partition coefficient (Wildman–Crippen LogP) is 3.67. The van der Waals surface area contributed by atoms with Crippen molar-refractivity contribution in [2.45, 2.75) is 44.9 Å². The molecule has 0 amide bonds. The number of hydrogen-bond acceptors (Lipinski definition) is 2. The first-order valence-corrected chi connectivity index (χ1v) is 7.05. The molecule has 0 saturated carbocycles. The lowest BCUT2D eigenvalue weighted by molar-refractivity contribution is -0.137. The Morgan fingerprint density at radius 3 is 2.45 bits per heavy atom. The molecule has 20 heavy (non-hydrogen) atoms. The summed E-state index contributed by atoms with van der Waals surface area (Å²) in [6.07, 6.45) is -2.09. The van der Waals surface area contributed by atoms with E-state index in [4.69, 9.17) is 0 Å². The summed E-state index contributed by atoms with van der Waals surface area (Å²) >= 11 is 0. The highest BCUT2D eigenvalue weighted by molar-refractivity contribution is 5.50. The van der Waals surface area contributed by atoms with Gasteiger partial charge in [-0.1, -0.05) is 13.8 Å². The normalized spacial score (nSPS) is 19.9. The minimum atomic E-state index is -4.26. The Balaban J connectivity index is 2.06. The highest BCUT2D eigenvalue weighted by Crippen LogP contribution is 2.32. The zero-order valence-corrected chi connectivity index (χ0v) is 11.9. The molecule has 1 heterocycles. The lowest BCUT2D eigenvalue weighted by Gasteiger charge is -2.28. The minimum absolute atomic E-state index is 0.370. The van der Waals surface area contributed by atoms with Crippen molar-refractivity contribution in [2.24, 2.45) is 0 Å². The van der Waals surface area contributed by atoms with Crippen LogP contribution in [0.15, 0.2) is 24.3 Å². The molecule has 1 aromatic rings. The van der Waals surface area contributed by atoms with E-state index < -0.39 is 11.7 Å². The molecule has 1 atom stereocenters. The standard InChI is InChI=1S/C15H21F3N2/c1-11(2)19-10-14-4-3-9-20(14)13-7-5-12(6-8-13)15(16,17)18/h5-8,11,14,19H,3-4,9-10H2,1-2H3. The highest BCUT2D eigenvalue weighted by Gasteiger charge is 2.31. The Bertz CT molecular complexity index is 426. The fourth-order valence-corrected chi connectivity index (χ4v) is 2.60. The number of alkyl halides is 3. The van der Waals surface area contributed by atoms with Crippen molar-refractivity contribution in [3.8, 4) is 0 Å². The Kier molecular flexibility index (Phi) is 4.58. The van der Waals surface area contributed by atoms with E-state index in [9.17, 15) is 13.2 Å². The van der Waals surface area contributed by atoms with E-state index >= 15 is 0 Å². The molecule has 2 nitrogen and oxygen atoms in total. The second-order valence-electron chi connectivity index (χ2n) is 5.60. The van der Waals surface area contributed by atoms with Gasteiger partial charge in [-0.05, 0) is 37.1 Å². The summed E-state index contributed by atoms with van der Waals surface area (Å²) in [5, 5.41) is 3.40. The summed E-state index contributed by atoms with van der Waals surface area (Å²) < 4.78 is 37.7. The van der Waals surface area contributed by atoms with E-state index in [2.05, 4.69) is 24.1 Å². The Hall–Kier alpha value is -1.23. The van der Waals surface area contributed by atoms with Crippen LogP contribution in [0, 0.1) is 0 Å². The van der Waals surface area contributed by atoms with E-state index in [1.54, 1.807) is 12.1 Å². The topological polar surface area (TPSA) is 15.3 Å². The number of nitrogens with zero attached hydrogens (tertiary/aromatic N) is 1. The third-order valence-electron chi connectivity index (χ3n) is 3.67. The van der Waals surface area contributed by atoms with E-state index in [1.807, 2.05) is 0 Å². The second kappa shape index (κ2) is 6.04. The van der Waals surface area contributed by atoms with Crippen molar-refractivity contribution in [2.75, 3.05) is 18.0 Å². The van der Waals surface area contributed by atoms with Crippen molar-refractivity contribution < 1.29 is 13.2 Å². The SMILES string of the molecule is CC(C)NCC1CCCN1c1ccc(C(F)(F)F)cc1. The number of anilines is 1. The largest absolute Gasteiger partial charge is 0.416 e. The van der Waals surface area contributed by atoms with Crippen molar-refractivity contribution in [1.29, 1.82) is 0 Å². The van der Waals surface area contributed by atoms with Gasteiger partial charge in [0, 0.05) is 30.9 Å². The molecule has 0 aromatic heterocycles. The van der Waals surface area contributed by atoms with Crippen LogP contribution in [-0.4, -0.2) is 25.2 Å². The summed E-state index contributed by atoms with van der Waals surface area (Å²) in [6, 6.07) is 6.29. The maximum absolute atomic E-state index is 12.6. The van der Waals surface area contributed by atoms with Crippen LogP contribution in [0.25, 0.3) is 0 Å². The molecule has 5 heteroatoms. The highest BCUT2D eigenvalue weighted by atomic mass is 19.4. The smallest absolute Gasteiger partial charge is 0.367 e. The fourth-order valence-electron chi connectivity index (χ4n) is 2.60. The van der Waals surface area contributed by atoms with Gasteiger partial charge in [-0.2, -0.15) is 13.2 Å². The van der Waals surface area contributed by atoms with Gasteiger partial charge in [0.05, 0.1) is 5.56 Å². The van der Waals surface area contributed by atoms with Gasteiger partial charge in [-0.25, -0.2) is 0 Å². The van der Waals surface area contributed by atoms with Gasteiger partial charge in [0.1, 0.15) is 0 Å². The van der Waals surface area contributed by atoms with Gasteiger partial charge in [0.25, 0.3) is 0 Å². The number of halogens is 3. The summed E-state index contributed by atoms with van der Waals surface area (Å²) in [6.45, 7) is 5.98. The van der Waals surface area contributed by atoms with Crippen molar-refractivity contribution in [3.63, 3.8) is 0 Å². The fraction of sp³-hybridized carbons (Fsp3) is 0.600. The summed E-state index contributed by atoms with van der Waals surface area (Å²) in [7, 11) is 0. The molecular formula is C15H21F3N2. The van der Waals surface area contributed by atoms with Crippen LogP contribution in [0.3, 0.4) is 0 Å². The lowest BCUT2D eigenvalue weighted by Crippen LogP contribution is -2.40. The lowest BCUT2D eigenvalue weighted by atomic mass is 10.1. The van der Waals surface area contributed by atoms with E-state index in [0.29, 0.717) is 12.1 Å². The maximum atomic E-state index is 12.6. The molecule has 1 aliphatic rings. The zero-order chi connectivity index (χ0) is 14.8. The first kappa shape index (κ1) is 15.2.